The molecule has 2 aliphatic heterocycles. The van der Waals surface area contributed by atoms with E-state index < -0.39 is 48.9 Å². The molecule has 2 fully saturated rings. The van der Waals surface area contributed by atoms with Crippen molar-refractivity contribution < 1.29 is 34.3 Å². The van der Waals surface area contributed by atoms with Gasteiger partial charge in [-0.1, -0.05) is 43.7 Å². The van der Waals surface area contributed by atoms with Crippen LogP contribution >= 0.6 is 0 Å². The highest BCUT2D eigenvalue weighted by Crippen LogP contribution is 2.34. The van der Waals surface area contributed by atoms with Crippen molar-refractivity contribution in [3.8, 4) is 0 Å². The zero-order valence-electron chi connectivity index (χ0n) is 18.1. The summed E-state index contributed by atoms with van der Waals surface area (Å²) in [6.07, 6.45) is -4.11. The van der Waals surface area contributed by atoms with Gasteiger partial charge >= 0.3 is 0 Å². The lowest BCUT2D eigenvalue weighted by molar-refractivity contribution is -0.532. The maximum atomic E-state index is 12.7. The third-order valence-corrected chi connectivity index (χ3v) is 5.66. The van der Waals surface area contributed by atoms with Gasteiger partial charge in [-0.25, -0.2) is 0 Å². The fourth-order valence-electron chi connectivity index (χ4n) is 4.01. The van der Waals surface area contributed by atoms with Crippen LogP contribution in [0.3, 0.4) is 0 Å². The van der Waals surface area contributed by atoms with E-state index in [2.05, 4.69) is 12.2 Å². The summed E-state index contributed by atoms with van der Waals surface area (Å²) >= 11 is 0. The predicted molar refractivity (Wildman–Crippen MR) is 110 cm³/mol. The second-order valence-electron chi connectivity index (χ2n) is 8.08. The average molecular weight is 438 g/mol. The number of amides is 1. The molecule has 2 saturated heterocycles. The van der Waals surface area contributed by atoms with E-state index >= 15 is 0 Å². The third kappa shape index (κ3) is 6.01. The smallest absolute Gasteiger partial charge is 0.219 e. The van der Waals surface area contributed by atoms with Crippen LogP contribution in [0.1, 0.15) is 38.5 Å². The van der Waals surface area contributed by atoms with Gasteiger partial charge in [-0.3, -0.25) is 4.79 Å². The summed E-state index contributed by atoms with van der Waals surface area (Å²) < 4.78 is 17.1. The quantitative estimate of drug-likeness (QED) is 0.443. The monoisotopic (exact) mass is 437 g/mol. The molecule has 0 saturated carbocycles. The molecule has 0 radical (unpaired) electrons. The van der Waals surface area contributed by atoms with Crippen molar-refractivity contribution in [1.29, 1.82) is 0 Å². The molecule has 0 bridgehead atoms. The second kappa shape index (κ2) is 11.3. The number of aliphatic hydroxyl groups excluding tert-OH is 2. The number of ether oxygens (including phenoxy) is 3. The molecule has 174 valence electrons. The molecule has 2 aliphatic rings. The van der Waals surface area contributed by atoms with Gasteiger partial charge in [0.15, 0.2) is 6.29 Å². The predicted octanol–water partition coefficient (Wildman–Crippen LogP) is -0.486. The fourth-order valence-corrected chi connectivity index (χ4v) is 4.01. The molecular weight excluding hydrogens is 404 g/mol. The van der Waals surface area contributed by atoms with Crippen molar-refractivity contribution in [3.63, 3.8) is 0 Å². The zero-order chi connectivity index (χ0) is 22.4. The van der Waals surface area contributed by atoms with E-state index in [4.69, 9.17) is 14.2 Å². The molecule has 9 nitrogen and oxygen atoms in total. The molecule has 1 unspecified atom stereocenters. The van der Waals surface area contributed by atoms with Crippen LogP contribution in [0.2, 0.25) is 0 Å². The largest absolute Gasteiger partial charge is 0.829 e. The first-order valence-electron chi connectivity index (χ1n) is 10.9. The van der Waals surface area contributed by atoms with E-state index in [0.717, 1.165) is 24.9 Å². The SMILES string of the molecule is CCCCNC[C@@H](O)CN(C(C)=O)[C@@H]1[C@@H](O)[C@@H]2OC(c3ccccc3)OC[C@H]2O[C@H]1[O-]. The van der Waals surface area contributed by atoms with E-state index in [9.17, 15) is 20.1 Å². The van der Waals surface area contributed by atoms with Crippen LogP contribution in [0.5, 0.6) is 0 Å². The van der Waals surface area contributed by atoms with Crippen molar-refractivity contribution >= 4 is 5.91 Å². The van der Waals surface area contributed by atoms with Crippen LogP contribution in [-0.4, -0.2) is 84.0 Å². The minimum absolute atomic E-state index is 0.0890. The highest BCUT2D eigenvalue weighted by Gasteiger charge is 2.48. The summed E-state index contributed by atoms with van der Waals surface area (Å²) in [5.41, 5.74) is 0.783. The first kappa shape index (κ1) is 24.1. The van der Waals surface area contributed by atoms with Gasteiger partial charge < -0.3 is 39.7 Å². The van der Waals surface area contributed by atoms with Crippen LogP contribution in [-0.2, 0) is 19.0 Å². The van der Waals surface area contributed by atoms with Gasteiger partial charge in [-0.15, -0.1) is 0 Å². The molecule has 3 rings (SSSR count). The van der Waals surface area contributed by atoms with Crippen molar-refractivity contribution in [2.24, 2.45) is 0 Å². The number of rotatable bonds is 9. The Kier molecular flexibility index (Phi) is 8.79. The minimum Gasteiger partial charge on any atom is -0.829 e. The second-order valence-corrected chi connectivity index (χ2v) is 8.08. The maximum absolute atomic E-state index is 12.7. The Morgan fingerprint density at radius 2 is 2.06 bits per heavy atom. The average Bonchev–Trinajstić information content (AvgIpc) is 2.76. The van der Waals surface area contributed by atoms with E-state index in [1.165, 1.54) is 11.8 Å². The fraction of sp³-hybridized carbons (Fsp3) is 0.682. The lowest BCUT2D eigenvalue weighted by atomic mass is 9.94. The highest BCUT2D eigenvalue weighted by molar-refractivity contribution is 5.73. The van der Waals surface area contributed by atoms with Gasteiger partial charge in [-0.2, -0.15) is 0 Å². The number of benzene rings is 1. The molecule has 3 N–H and O–H groups in total. The van der Waals surface area contributed by atoms with Crippen LogP contribution in [0, 0.1) is 0 Å². The number of nitrogens with zero attached hydrogens (tertiary/aromatic N) is 1. The Balaban J connectivity index is 1.68. The Morgan fingerprint density at radius 3 is 2.74 bits per heavy atom. The van der Waals surface area contributed by atoms with Crippen molar-refractivity contribution in [3.05, 3.63) is 35.9 Å². The third-order valence-electron chi connectivity index (χ3n) is 5.66. The first-order valence-corrected chi connectivity index (χ1v) is 10.9. The highest BCUT2D eigenvalue weighted by atomic mass is 16.7. The Hall–Kier alpha value is -1.59. The Labute approximate surface area is 182 Å². The molecule has 0 aromatic heterocycles. The number of fused-ring (bicyclic) bond motifs is 1. The molecule has 0 aliphatic carbocycles. The molecular formula is C22H33N2O7-. The standard InChI is InChI=1S/C22H33N2O7/c1-3-4-10-23-11-16(26)12-24(14(2)25)18-19(27)20-17(30-21(18)28)13-29-22(31-20)15-8-6-5-7-9-15/h5-9,16-23,26-27H,3-4,10-13H2,1-2H3/q-1/t16-,17-,18-,19-,20-,21-,22?/m1/s1. The van der Waals surface area contributed by atoms with E-state index in [1.54, 1.807) is 0 Å². The number of carbonyl (C=O) groups is 1. The Bertz CT molecular complexity index is 692. The summed E-state index contributed by atoms with van der Waals surface area (Å²) in [7, 11) is 0. The summed E-state index contributed by atoms with van der Waals surface area (Å²) in [6, 6.07) is 8.09. The van der Waals surface area contributed by atoms with E-state index in [1.807, 2.05) is 30.3 Å². The van der Waals surface area contributed by atoms with Crippen LogP contribution < -0.4 is 10.4 Å². The van der Waals surface area contributed by atoms with Crippen molar-refractivity contribution in [2.75, 3.05) is 26.2 Å². The van der Waals surface area contributed by atoms with Gasteiger partial charge in [0.05, 0.1) is 18.8 Å². The summed E-state index contributed by atoms with van der Waals surface area (Å²) in [6.45, 7) is 4.42. The van der Waals surface area contributed by atoms with Gasteiger partial charge in [0.1, 0.15) is 18.3 Å². The van der Waals surface area contributed by atoms with Crippen LogP contribution in [0.25, 0.3) is 0 Å². The number of hydrogen-bond donors (Lipinski definition) is 3. The van der Waals surface area contributed by atoms with Crippen molar-refractivity contribution in [1.82, 2.24) is 10.2 Å². The molecule has 1 amide bonds. The molecule has 1 aromatic carbocycles. The Morgan fingerprint density at radius 1 is 1.32 bits per heavy atom. The van der Waals surface area contributed by atoms with Gasteiger partial charge in [-0.05, 0) is 13.0 Å². The zero-order valence-corrected chi connectivity index (χ0v) is 18.1. The van der Waals surface area contributed by atoms with E-state index in [-0.39, 0.29) is 19.7 Å². The van der Waals surface area contributed by atoms with Crippen LogP contribution in [0.4, 0.5) is 0 Å². The summed E-state index contributed by atoms with van der Waals surface area (Å²) in [5, 5.41) is 37.2. The molecule has 2 heterocycles. The van der Waals surface area contributed by atoms with Gasteiger partial charge in [0.25, 0.3) is 0 Å². The number of carbonyl (C=O) groups excluding carboxylic acids is 1. The molecule has 31 heavy (non-hydrogen) atoms. The maximum Gasteiger partial charge on any atom is 0.219 e. The lowest BCUT2D eigenvalue weighted by Gasteiger charge is -2.53. The lowest BCUT2D eigenvalue weighted by Crippen LogP contribution is -2.70. The summed E-state index contributed by atoms with van der Waals surface area (Å²) in [4.78, 5) is 13.5. The molecule has 1 aromatic rings. The first-order chi connectivity index (χ1) is 14.9. The minimum atomic E-state index is -1.68. The van der Waals surface area contributed by atoms with E-state index in [0.29, 0.717) is 0 Å². The molecule has 7 atom stereocenters. The molecule has 9 heteroatoms. The molecule has 0 spiro atoms. The topological polar surface area (TPSA) is 124 Å². The van der Waals surface area contributed by atoms with Gasteiger partial charge in [0.2, 0.25) is 5.91 Å². The number of aliphatic hydroxyl groups is 2. The number of hydrogen-bond acceptors (Lipinski definition) is 8. The van der Waals surface area contributed by atoms with Gasteiger partial charge in [0, 0.05) is 31.9 Å². The number of nitrogens with one attached hydrogen (secondary N) is 1. The summed E-state index contributed by atoms with van der Waals surface area (Å²) in [5.74, 6) is -0.425. The normalized spacial score (nSPS) is 31.6. The van der Waals surface area contributed by atoms with Crippen LogP contribution in [0.15, 0.2) is 30.3 Å². The number of unbranched alkanes of at least 4 members (excludes halogenated alkanes) is 1. The van der Waals surface area contributed by atoms with Crippen molar-refractivity contribution in [2.45, 2.75) is 69.7 Å².